The standard InChI is InChI=1S/C10H7N3OS/c14-7-8-5-12-10(13-6-8)15-9-3-1-2-4-11-9/h1-7H. The average Bonchev–Trinajstić information content (AvgIpc) is 2.31. The smallest absolute Gasteiger partial charge is 0.193 e. The van der Waals surface area contributed by atoms with Gasteiger partial charge in [-0.15, -0.1) is 0 Å². The molecule has 0 fully saturated rings. The number of aldehydes is 1. The van der Waals surface area contributed by atoms with Crippen LogP contribution >= 0.6 is 11.8 Å². The van der Waals surface area contributed by atoms with Crippen molar-refractivity contribution in [3.8, 4) is 0 Å². The Morgan fingerprint density at radius 1 is 1.13 bits per heavy atom. The van der Waals surface area contributed by atoms with Crippen LogP contribution in [0.3, 0.4) is 0 Å². The molecule has 0 aliphatic carbocycles. The number of rotatable bonds is 3. The zero-order valence-corrected chi connectivity index (χ0v) is 8.52. The Bertz CT molecular complexity index is 444. The second kappa shape index (κ2) is 4.65. The summed E-state index contributed by atoms with van der Waals surface area (Å²) in [6, 6.07) is 5.62. The number of hydrogen-bond donors (Lipinski definition) is 0. The van der Waals surface area contributed by atoms with Gasteiger partial charge in [-0.25, -0.2) is 15.0 Å². The minimum absolute atomic E-state index is 0.473. The van der Waals surface area contributed by atoms with Gasteiger partial charge in [0.15, 0.2) is 11.4 Å². The van der Waals surface area contributed by atoms with Crippen molar-refractivity contribution < 1.29 is 4.79 Å². The van der Waals surface area contributed by atoms with Crippen LogP contribution in [0.25, 0.3) is 0 Å². The maximum atomic E-state index is 10.4. The third-order valence-corrected chi connectivity index (χ3v) is 2.46. The third kappa shape index (κ3) is 2.60. The molecule has 0 bridgehead atoms. The minimum Gasteiger partial charge on any atom is -0.298 e. The van der Waals surface area contributed by atoms with E-state index in [9.17, 15) is 4.79 Å². The number of nitrogens with zero attached hydrogens (tertiary/aromatic N) is 3. The SMILES string of the molecule is O=Cc1cnc(Sc2ccccn2)nc1. The Labute approximate surface area is 90.8 Å². The summed E-state index contributed by atoms with van der Waals surface area (Å²) in [5.41, 5.74) is 0.473. The Balaban J connectivity index is 2.15. The van der Waals surface area contributed by atoms with Crippen molar-refractivity contribution >= 4 is 18.0 Å². The van der Waals surface area contributed by atoms with E-state index in [0.717, 1.165) is 11.3 Å². The van der Waals surface area contributed by atoms with Gasteiger partial charge in [0.1, 0.15) is 5.03 Å². The van der Waals surface area contributed by atoms with Crippen molar-refractivity contribution in [1.29, 1.82) is 0 Å². The fraction of sp³-hybridized carbons (Fsp3) is 0. The van der Waals surface area contributed by atoms with Crippen LogP contribution in [0.4, 0.5) is 0 Å². The summed E-state index contributed by atoms with van der Waals surface area (Å²) in [4.78, 5) is 22.6. The van der Waals surface area contributed by atoms with Gasteiger partial charge in [0.2, 0.25) is 0 Å². The quantitative estimate of drug-likeness (QED) is 0.580. The first-order valence-corrected chi connectivity index (χ1v) is 5.06. The molecule has 5 heteroatoms. The van der Waals surface area contributed by atoms with E-state index in [1.165, 1.54) is 24.2 Å². The molecule has 4 nitrogen and oxygen atoms in total. The molecule has 2 aromatic rings. The van der Waals surface area contributed by atoms with Crippen molar-refractivity contribution in [2.45, 2.75) is 10.2 Å². The fourth-order valence-corrected chi connectivity index (χ4v) is 1.60. The van der Waals surface area contributed by atoms with Crippen LogP contribution in [0.15, 0.2) is 47.0 Å². The first kappa shape index (κ1) is 9.79. The molecular weight excluding hydrogens is 210 g/mol. The zero-order valence-electron chi connectivity index (χ0n) is 7.70. The molecule has 2 heterocycles. The molecule has 15 heavy (non-hydrogen) atoms. The Hall–Kier alpha value is -1.75. The third-order valence-electron chi connectivity index (χ3n) is 1.62. The first-order valence-electron chi connectivity index (χ1n) is 4.24. The average molecular weight is 217 g/mol. The monoisotopic (exact) mass is 217 g/mol. The van der Waals surface area contributed by atoms with E-state index in [1.54, 1.807) is 6.20 Å². The topological polar surface area (TPSA) is 55.7 Å². The molecule has 0 unspecified atom stereocenters. The van der Waals surface area contributed by atoms with Crippen LogP contribution in [-0.4, -0.2) is 21.2 Å². The minimum atomic E-state index is 0.473. The predicted octanol–water partition coefficient (Wildman–Crippen LogP) is 1.84. The maximum Gasteiger partial charge on any atom is 0.193 e. The number of pyridine rings is 1. The fourth-order valence-electron chi connectivity index (χ4n) is 0.941. The summed E-state index contributed by atoms with van der Waals surface area (Å²) in [6.07, 6.45) is 5.41. The van der Waals surface area contributed by atoms with Gasteiger partial charge in [-0.1, -0.05) is 6.07 Å². The van der Waals surface area contributed by atoms with Gasteiger partial charge in [-0.3, -0.25) is 4.79 Å². The van der Waals surface area contributed by atoms with Crippen LogP contribution in [-0.2, 0) is 0 Å². The van der Waals surface area contributed by atoms with E-state index in [0.29, 0.717) is 10.7 Å². The number of carbonyl (C=O) groups excluding carboxylic acids is 1. The molecule has 0 radical (unpaired) electrons. The van der Waals surface area contributed by atoms with Crippen molar-refractivity contribution in [2.75, 3.05) is 0 Å². The molecule has 74 valence electrons. The lowest BCUT2D eigenvalue weighted by Crippen LogP contribution is -1.89. The first-order chi connectivity index (χ1) is 7.38. The highest BCUT2D eigenvalue weighted by molar-refractivity contribution is 7.99. The predicted molar refractivity (Wildman–Crippen MR) is 55.8 cm³/mol. The van der Waals surface area contributed by atoms with Crippen LogP contribution < -0.4 is 0 Å². The van der Waals surface area contributed by atoms with Crippen molar-refractivity contribution in [2.24, 2.45) is 0 Å². The molecule has 0 N–H and O–H groups in total. The molecule has 2 aromatic heterocycles. The van der Waals surface area contributed by atoms with Gasteiger partial charge in [0.05, 0.1) is 5.56 Å². The molecule has 0 aromatic carbocycles. The normalized spacial score (nSPS) is 9.87. The van der Waals surface area contributed by atoms with Gasteiger partial charge in [-0.05, 0) is 23.9 Å². The summed E-state index contributed by atoms with van der Waals surface area (Å²) >= 11 is 1.36. The molecule has 0 saturated carbocycles. The number of hydrogen-bond acceptors (Lipinski definition) is 5. The number of aromatic nitrogens is 3. The zero-order chi connectivity index (χ0) is 10.5. The summed E-state index contributed by atoms with van der Waals surface area (Å²) < 4.78 is 0. The van der Waals surface area contributed by atoms with E-state index >= 15 is 0 Å². The van der Waals surface area contributed by atoms with E-state index in [1.807, 2.05) is 18.2 Å². The molecule has 0 atom stereocenters. The lowest BCUT2D eigenvalue weighted by Gasteiger charge is -1.97. The molecular formula is C10H7N3OS. The van der Waals surface area contributed by atoms with Crippen LogP contribution in [0.2, 0.25) is 0 Å². The summed E-state index contributed by atoms with van der Waals surface area (Å²) in [7, 11) is 0. The van der Waals surface area contributed by atoms with Crippen molar-refractivity contribution in [3.63, 3.8) is 0 Å². The lowest BCUT2D eigenvalue weighted by molar-refractivity contribution is 0.112. The lowest BCUT2D eigenvalue weighted by atomic mass is 10.4. The van der Waals surface area contributed by atoms with Crippen molar-refractivity contribution in [3.05, 3.63) is 42.4 Å². The summed E-state index contributed by atoms with van der Waals surface area (Å²) in [5.74, 6) is 0. The summed E-state index contributed by atoms with van der Waals surface area (Å²) in [6.45, 7) is 0. The molecule has 0 amide bonds. The second-order valence-corrected chi connectivity index (χ2v) is 3.67. The van der Waals surface area contributed by atoms with Gasteiger partial charge >= 0.3 is 0 Å². The highest BCUT2D eigenvalue weighted by Gasteiger charge is 2.00. The van der Waals surface area contributed by atoms with Gasteiger partial charge in [0, 0.05) is 18.6 Å². The Morgan fingerprint density at radius 3 is 2.53 bits per heavy atom. The van der Waals surface area contributed by atoms with Gasteiger partial charge in [-0.2, -0.15) is 0 Å². The second-order valence-electron chi connectivity index (χ2n) is 2.69. The summed E-state index contributed by atoms with van der Waals surface area (Å²) in [5, 5.41) is 1.41. The molecule has 0 saturated heterocycles. The molecule has 0 spiro atoms. The van der Waals surface area contributed by atoms with E-state index in [4.69, 9.17) is 0 Å². The molecule has 0 aliphatic rings. The Morgan fingerprint density at radius 2 is 1.93 bits per heavy atom. The van der Waals surface area contributed by atoms with E-state index in [2.05, 4.69) is 15.0 Å². The largest absolute Gasteiger partial charge is 0.298 e. The highest BCUT2D eigenvalue weighted by Crippen LogP contribution is 2.20. The van der Waals surface area contributed by atoms with E-state index in [-0.39, 0.29) is 0 Å². The van der Waals surface area contributed by atoms with E-state index < -0.39 is 0 Å². The molecule has 2 rings (SSSR count). The van der Waals surface area contributed by atoms with Crippen molar-refractivity contribution in [1.82, 2.24) is 15.0 Å². The van der Waals surface area contributed by atoms with Crippen LogP contribution in [0.1, 0.15) is 10.4 Å². The van der Waals surface area contributed by atoms with Gasteiger partial charge in [0.25, 0.3) is 0 Å². The highest BCUT2D eigenvalue weighted by atomic mass is 32.2. The maximum absolute atomic E-state index is 10.4. The van der Waals surface area contributed by atoms with Crippen LogP contribution in [0.5, 0.6) is 0 Å². The van der Waals surface area contributed by atoms with Crippen LogP contribution in [0, 0.1) is 0 Å². The Kier molecular flexibility index (Phi) is 3.04. The number of carbonyl (C=O) groups is 1. The van der Waals surface area contributed by atoms with Gasteiger partial charge < -0.3 is 0 Å². The molecule has 0 aliphatic heterocycles.